The van der Waals surface area contributed by atoms with Gasteiger partial charge in [0.2, 0.25) is 0 Å². The second kappa shape index (κ2) is 5.04. The van der Waals surface area contributed by atoms with Crippen LogP contribution in [-0.4, -0.2) is 20.9 Å². The smallest absolute Gasteiger partial charge is 0.305 e. The van der Waals surface area contributed by atoms with E-state index in [1.807, 2.05) is 6.20 Å². The van der Waals surface area contributed by atoms with Crippen molar-refractivity contribution in [2.24, 2.45) is 0 Å². The Hall–Kier alpha value is -2.10. The van der Waals surface area contributed by atoms with Crippen LogP contribution in [0, 0.1) is 13.8 Å². The molecule has 2 rings (SSSR count). The van der Waals surface area contributed by atoms with Gasteiger partial charge in [-0.2, -0.15) is 5.10 Å². The summed E-state index contributed by atoms with van der Waals surface area (Å²) in [4.78, 5) is 10.5. The monoisotopic (exact) mass is 244 g/mol. The van der Waals surface area contributed by atoms with Crippen LogP contribution in [0.2, 0.25) is 0 Å². The lowest BCUT2D eigenvalue weighted by atomic mass is 10.0. The summed E-state index contributed by atoms with van der Waals surface area (Å²) in [5, 5.41) is 12.8. The Kier molecular flexibility index (Phi) is 3.46. The first kappa shape index (κ1) is 12.4. The lowest BCUT2D eigenvalue weighted by Gasteiger charge is -2.02. The van der Waals surface area contributed by atoms with Crippen LogP contribution in [0.15, 0.2) is 30.6 Å². The van der Waals surface area contributed by atoms with Gasteiger partial charge in [-0.05, 0) is 19.4 Å². The Morgan fingerprint density at radius 2 is 1.89 bits per heavy atom. The number of aromatic nitrogens is 2. The summed E-state index contributed by atoms with van der Waals surface area (Å²) < 4.78 is 1.67. The zero-order chi connectivity index (χ0) is 13.1. The van der Waals surface area contributed by atoms with Crippen LogP contribution in [0.25, 0.3) is 11.1 Å². The fraction of sp³-hybridized carbons (Fsp3) is 0.286. The van der Waals surface area contributed by atoms with Crippen molar-refractivity contribution in [3.05, 3.63) is 41.7 Å². The summed E-state index contributed by atoms with van der Waals surface area (Å²) in [6, 6.07) is 6.33. The number of carboxylic acids is 1. The Morgan fingerprint density at radius 3 is 2.50 bits per heavy atom. The fourth-order valence-electron chi connectivity index (χ4n) is 1.99. The average Bonchev–Trinajstić information content (AvgIpc) is 2.73. The molecule has 1 N–H and O–H groups in total. The molecule has 0 amide bonds. The number of hydrogen-bond donors (Lipinski definition) is 1. The summed E-state index contributed by atoms with van der Waals surface area (Å²) >= 11 is 0. The van der Waals surface area contributed by atoms with E-state index in [4.69, 9.17) is 5.11 Å². The predicted molar refractivity (Wildman–Crippen MR) is 69.4 cm³/mol. The van der Waals surface area contributed by atoms with Gasteiger partial charge in [0.15, 0.2) is 0 Å². The topological polar surface area (TPSA) is 55.1 Å². The van der Waals surface area contributed by atoms with E-state index in [2.05, 4.69) is 37.1 Å². The van der Waals surface area contributed by atoms with Crippen molar-refractivity contribution in [3.63, 3.8) is 0 Å². The van der Waals surface area contributed by atoms with Crippen LogP contribution in [0.1, 0.15) is 17.5 Å². The number of hydrogen-bond acceptors (Lipinski definition) is 2. The first-order valence-corrected chi connectivity index (χ1v) is 5.87. The quantitative estimate of drug-likeness (QED) is 0.899. The molecule has 0 unspecified atom stereocenters. The van der Waals surface area contributed by atoms with E-state index in [0.717, 1.165) is 11.1 Å². The first-order chi connectivity index (χ1) is 8.54. The molecule has 0 saturated heterocycles. The van der Waals surface area contributed by atoms with Crippen molar-refractivity contribution in [1.82, 2.24) is 9.78 Å². The Bertz CT molecular complexity index is 553. The highest BCUT2D eigenvalue weighted by molar-refractivity contribution is 5.66. The van der Waals surface area contributed by atoms with Gasteiger partial charge in [0.05, 0.1) is 19.2 Å². The van der Waals surface area contributed by atoms with Gasteiger partial charge in [0.25, 0.3) is 0 Å². The number of benzene rings is 1. The Morgan fingerprint density at radius 1 is 1.22 bits per heavy atom. The highest BCUT2D eigenvalue weighted by Gasteiger charge is 2.04. The van der Waals surface area contributed by atoms with Crippen molar-refractivity contribution in [2.75, 3.05) is 0 Å². The number of aryl methyl sites for hydroxylation is 3. The number of aliphatic carboxylic acids is 1. The van der Waals surface area contributed by atoms with Crippen molar-refractivity contribution >= 4 is 5.97 Å². The molecule has 18 heavy (non-hydrogen) atoms. The van der Waals surface area contributed by atoms with Gasteiger partial charge in [-0.15, -0.1) is 0 Å². The summed E-state index contributed by atoms with van der Waals surface area (Å²) in [5.41, 5.74) is 4.56. The molecular weight excluding hydrogens is 228 g/mol. The number of nitrogens with zero attached hydrogens (tertiary/aromatic N) is 2. The fourth-order valence-corrected chi connectivity index (χ4v) is 1.99. The average molecular weight is 244 g/mol. The molecule has 94 valence electrons. The van der Waals surface area contributed by atoms with E-state index in [1.54, 1.807) is 10.9 Å². The molecule has 0 aliphatic heterocycles. The van der Waals surface area contributed by atoms with Crippen LogP contribution in [-0.2, 0) is 11.3 Å². The van der Waals surface area contributed by atoms with E-state index < -0.39 is 5.97 Å². The summed E-state index contributed by atoms with van der Waals surface area (Å²) in [6.45, 7) is 4.52. The highest BCUT2D eigenvalue weighted by Crippen LogP contribution is 2.21. The number of carbonyl (C=O) groups is 1. The molecule has 1 aromatic carbocycles. The second-order valence-corrected chi connectivity index (χ2v) is 4.51. The maximum absolute atomic E-state index is 10.5. The van der Waals surface area contributed by atoms with Crippen molar-refractivity contribution in [2.45, 2.75) is 26.8 Å². The molecule has 0 aliphatic carbocycles. The molecule has 0 spiro atoms. The first-order valence-electron chi connectivity index (χ1n) is 5.87. The zero-order valence-corrected chi connectivity index (χ0v) is 10.6. The zero-order valence-electron chi connectivity index (χ0n) is 10.6. The van der Waals surface area contributed by atoms with Crippen molar-refractivity contribution in [3.8, 4) is 11.1 Å². The van der Waals surface area contributed by atoms with E-state index in [0.29, 0.717) is 6.54 Å². The maximum atomic E-state index is 10.5. The Labute approximate surface area is 106 Å². The maximum Gasteiger partial charge on any atom is 0.305 e. The molecule has 0 saturated carbocycles. The van der Waals surface area contributed by atoms with Crippen molar-refractivity contribution in [1.29, 1.82) is 0 Å². The third-order valence-electron chi connectivity index (χ3n) is 2.74. The molecule has 4 heteroatoms. The molecule has 0 radical (unpaired) electrons. The normalized spacial score (nSPS) is 10.6. The minimum atomic E-state index is -0.807. The van der Waals surface area contributed by atoms with Crippen LogP contribution >= 0.6 is 0 Å². The summed E-state index contributed by atoms with van der Waals surface area (Å²) in [5.74, 6) is -0.807. The minimum Gasteiger partial charge on any atom is -0.481 e. The standard InChI is InChI=1S/C14H16N2O2/c1-10-5-11(2)7-12(6-10)13-8-15-16(9-13)4-3-14(17)18/h5-9H,3-4H2,1-2H3,(H,17,18). The molecule has 1 aromatic heterocycles. The number of carboxylic acid groups (broad SMARTS) is 1. The van der Waals surface area contributed by atoms with Gasteiger partial charge in [-0.3, -0.25) is 9.48 Å². The van der Waals surface area contributed by atoms with E-state index in [9.17, 15) is 4.79 Å². The lowest BCUT2D eigenvalue weighted by molar-refractivity contribution is -0.137. The molecule has 4 nitrogen and oxygen atoms in total. The van der Waals surface area contributed by atoms with Gasteiger partial charge >= 0.3 is 5.97 Å². The minimum absolute atomic E-state index is 0.0912. The van der Waals surface area contributed by atoms with Gasteiger partial charge < -0.3 is 5.11 Å². The highest BCUT2D eigenvalue weighted by atomic mass is 16.4. The largest absolute Gasteiger partial charge is 0.481 e. The third kappa shape index (κ3) is 2.97. The van der Waals surface area contributed by atoms with Gasteiger partial charge in [0.1, 0.15) is 0 Å². The molecule has 0 fully saturated rings. The van der Waals surface area contributed by atoms with E-state index >= 15 is 0 Å². The molecule has 2 aromatic rings. The van der Waals surface area contributed by atoms with Crippen LogP contribution in [0.5, 0.6) is 0 Å². The summed E-state index contributed by atoms with van der Waals surface area (Å²) in [7, 11) is 0. The van der Waals surface area contributed by atoms with E-state index in [1.165, 1.54) is 11.1 Å². The molecule has 0 bridgehead atoms. The molecule has 1 heterocycles. The lowest BCUT2D eigenvalue weighted by Crippen LogP contribution is -2.04. The predicted octanol–water partition coefficient (Wildman–Crippen LogP) is 2.64. The molecular formula is C14H16N2O2. The number of rotatable bonds is 4. The van der Waals surface area contributed by atoms with Crippen LogP contribution in [0.4, 0.5) is 0 Å². The Balaban J connectivity index is 2.21. The summed E-state index contributed by atoms with van der Waals surface area (Å²) in [6.07, 6.45) is 3.75. The van der Waals surface area contributed by atoms with Gasteiger partial charge in [0, 0.05) is 11.8 Å². The van der Waals surface area contributed by atoms with Crippen LogP contribution in [0.3, 0.4) is 0 Å². The second-order valence-electron chi connectivity index (χ2n) is 4.51. The van der Waals surface area contributed by atoms with E-state index in [-0.39, 0.29) is 6.42 Å². The van der Waals surface area contributed by atoms with Gasteiger partial charge in [-0.1, -0.05) is 29.3 Å². The molecule has 0 aliphatic rings. The molecule has 0 atom stereocenters. The SMILES string of the molecule is Cc1cc(C)cc(-c2cnn(CCC(=O)O)c2)c1. The third-order valence-corrected chi connectivity index (χ3v) is 2.74. The van der Waals surface area contributed by atoms with Crippen molar-refractivity contribution < 1.29 is 9.90 Å². The van der Waals surface area contributed by atoms with Gasteiger partial charge in [-0.25, -0.2) is 0 Å². The van der Waals surface area contributed by atoms with Crippen LogP contribution < -0.4 is 0 Å².